The number of ether oxygens (including phenoxy) is 1. The minimum absolute atomic E-state index is 0.0201. The fourth-order valence-electron chi connectivity index (χ4n) is 6.81. The Morgan fingerprint density at radius 3 is 2.04 bits per heavy atom. The van der Waals surface area contributed by atoms with E-state index >= 15 is 0 Å². The number of hydrogen-bond acceptors (Lipinski definition) is 7. The lowest BCUT2D eigenvalue weighted by molar-refractivity contribution is 0.416. The van der Waals surface area contributed by atoms with Gasteiger partial charge in [-0.15, -0.1) is 0 Å². The maximum absolute atomic E-state index is 12.3. The molecular weight excluding hydrogens is 653 g/mol. The molecular formula is C40H42N10O2. The highest BCUT2D eigenvalue weighted by Crippen LogP contribution is 2.36. The predicted octanol–water partition coefficient (Wildman–Crippen LogP) is 7.07. The molecule has 264 valence electrons. The molecule has 8 rings (SSSR count). The van der Waals surface area contributed by atoms with Crippen molar-refractivity contribution in [2.75, 3.05) is 7.11 Å². The lowest BCUT2D eigenvalue weighted by Gasteiger charge is -2.10. The number of aryl methyl sites for hydroxylation is 5. The first-order valence-electron chi connectivity index (χ1n) is 17.2. The number of hydrogen-bond donors (Lipinski definition) is 1. The number of nitrogens with zero attached hydrogens (tertiary/aromatic N) is 9. The van der Waals surface area contributed by atoms with Gasteiger partial charge < -0.3 is 9.72 Å². The summed E-state index contributed by atoms with van der Waals surface area (Å²) in [5.74, 6) is 1.31. The standard InChI is InChI=1S/C22H25N5O.C18H17N5O/c1-14(2)11-16-12-15(3)24-21-20(25-26(4)22(16)21)18-8-7-17(13-19(18)28-5)27-10-6-9-23-27;1-11-9-13(23-8-4-7-19-23)5-6-14(11)16-17-18(22(3)21-16)15(24)10-12(2)20-17/h6-10,12-14H,11H2,1-5H3;4-10H,1-3H3,(H,20,24). The van der Waals surface area contributed by atoms with E-state index in [1.807, 2.05) is 96.7 Å². The number of methoxy groups -OCH3 is 1. The van der Waals surface area contributed by atoms with E-state index in [1.54, 1.807) is 37.3 Å². The molecule has 12 heteroatoms. The van der Waals surface area contributed by atoms with Crippen molar-refractivity contribution in [2.24, 2.45) is 20.0 Å². The minimum Gasteiger partial charge on any atom is -0.496 e. The van der Waals surface area contributed by atoms with Crippen molar-refractivity contribution in [2.45, 2.75) is 41.0 Å². The van der Waals surface area contributed by atoms with E-state index in [9.17, 15) is 4.79 Å². The molecule has 2 aromatic carbocycles. The molecule has 0 aliphatic rings. The molecule has 0 aliphatic heterocycles. The summed E-state index contributed by atoms with van der Waals surface area (Å²) < 4.78 is 12.9. The molecule has 12 nitrogen and oxygen atoms in total. The summed E-state index contributed by atoms with van der Waals surface area (Å²) in [5.41, 5.74) is 13.0. The zero-order chi connectivity index (χ0) is 36.7. The zero-order valence-corrected chi connectivity index (χ0v) is 30.7. The lowest BCUT2D eigenvalue weighted by atomic mass is 10.0. The first kappa shape index (κ1) is 34.2. The summed E-state index contributed by atoms with van der Waals surface area (Å²) in [6, 6.07) is 19.7. The van der Waals surface area contributed by atoms with E-state index in [2.05, 4.69) is 46.3 Å². The summed E-state index contributed by atoms with van der Waals surface area (Å²) in [7, 11) is 5.46. The third-order valence-corrected chi connectivity index (χ3v) is 9.02. The molecule has 0 bridgehead atoms. The van der Waals surface area contributed by atoms with Crippen LogP contribution in [-0.2, 0) is 20.5 Å². The van der Waals surface area contributed by atoms with Crippen molar-refractivity contribution >= 4 is 22.1 Å². The third-order valence-electron chi connectivity index (χ3n) is 9.02. The maximum Gasteiger partial charge on any atom is 0.207 e. The fraction of sp³-hybridized carbons (Fsp3) is 0.250. The van der Waals surface area contributed by atoms with Gasteiger partial charge in [0.2, 0.25) is 5.43 Å². The molecule has 6 aromatic heterocycles. The summed E-state index contributed by atoms with van der Waals surface area (Å²) in [4.78, 5) is 20.4. The quantitative estimate of drug-likeness (QED) is 0.189. The molecule has 0 radical (unpaired) electrons. The van der Waals surface area contributed by atoms with E-state index in [4.69, 9.17) is 14.8 Å². The molecule has 6 heterocycles. The molecule has 0 unspecified atom stereocenters. The predicted molar refractivity (Wildman–Crippen MR) is 204 cm³/mol. The van der Waals surface area contributed by atoms with Crippen LogP contribution in [0.15, 0.2) is 90.2 Å². The minimum atomic E-state index is -0.0201. The number of rotatable bonds is 7. The molecule has 0 saturated carbocycles. The Labute approximate surface area is 301 Å². The monoisotopic (exact) mass is 694 g/mol. The van der Waals surface area contributed by atoms with Crippen LogP contribution in [0.1, 0.15) is 36.4 Å². The molecule has 0 aliphatic carbocycles. The van der Waals surface area contributed by atoms with Crippen LogP contribution < -0.4 is 10.2 Å². The third kappa shape index (κ3) is 6.39. The van der Waals surface area contributed by atoms with E-state index in [-0.39, 0.29) is 5.43 Å². The van der Waals surface area contributed by atoms with Gasteiger partial charge >= 0.3 is 0 Å². The van der Waals surface area contributed by atoms with Crippen LogP contribution in [0.2, 0.25) is 0 Å². The highest BCUT2D eigenvalue weighted by Gasteiger charge is 2.20. The first-order chi connectivity index (χ1) is 25.0. The molecule has 8 aromatic rings. The van der Waals surface area contributed by atoms with E-state index in [1.165, 1.54) is 5.56 Å². The Hall–Kier alpha value is -6.30. The van der Waals surface area contributed by atoms with Crippen molar-refractivity contribution in [3.05, 3.63) is 118 Å². The number of H-pyrrole nitrogens is 1. The summed E-state index contributed by atoms with van der Waals surface area (Å²) in [6.07, 6.45) is 8.33. The topological polar surface area (TPSA) is 126 Å². The number of benzene rings is 2. The smallest absolute Gasteiger partial charge is 0.207 e. The zero-order valence-electron chi connectivity index (χ0n) is 30.7. The Balaban J connectivity index is 0.000000164. The summed E-state index contributed by atoms with van der Waals surface area (Å²) in [5, 5.41) is 18.0. The van der Waals surface area contributed by atoms with Crippen LogP contribution >= 0.6 is 0 Å². The van der Waals surface area contributed by atoms with Gasteiger partial charge in [0.1, 0.15) is 28.2 Å². The molecule has 52 heavy (non-hydrogen) atoms. The molecule has 0 amide bonds. The Bertz CT molecular complexity index is 2590. The average Bonchev–Trinajstić information content (AvgIpc) is 3.93. The normalized spacial score (nSPS) is 11.4. The molecule has 0 fully saturated rings. The maximum atomic E-state index is 12.3. The second-order valence-corrected chi connectivity index (χ2v) is 13.5. The number of pyridine rings is 2. The van der Waals surface area contributed by atoms with Crippen LogP contribution in [0.3, 0.4) is 0 Å². The molecule has 0 spiro atoms. The van der Waals surface area contributed by atoms with E-state index < -0.39 is 0 Å². The van der Waals surface area contributed by atoms with Crippen LogP contribution in [0.5, 0.6) is 5.75 Å². The van der Waals surface area contributed by atoms with Gasteiger partial charge in [-0.3, -0.25) is 14.2 Å². The Morgan fingerprint density at radius 2 is 1.42 bits per heavy atom. The van der Waals surface area contributed by atoms with Crippen molar-refractivity contribution in [3.63, 3.8) is 0 Å². The van der Waals surface area contributed by atoms with E-state index in [0.29, 0.717) is 11.4 Å². The number of nitrogens with one attached hydrogen (secondary N) is 1. The summed E-state index contributed by atoms with van der Waals surface area (Å²) >= 11 is 0. The lowest BCUT2D eigenvalue weighted by Crippen LogP contribution is -2.06. The van der Waals surface area contributed by atoms with Gasteiger partial charge in [0.25, 0.3) is 0 Å². The second kappa shape index (κ2) is 13.8. The number of fused-ring (bicyclic) bond motifs is 2. The van der Waals surface area contributed by atoms with E-state index in [0.717, 1.165) is 79.6 Å². The fourth-order valence-corrected chi connectivity index (χ4v) is 6.81. The molecule has 1 N–H and O–H groups in total. The highest BCUT2D eigenvalue weighted by molar-refractivity contribution is 5.94. The van der Waals surface area contributed by atoms with Crippen LogP contribution in [0.25, 0.3) is 56.0 Å². The number of aromatic nitrogens is 10. The Morgan fingerprint density at radius 1 is 0.788 bits per heavy atom. The van der Waals surface area contributed by atoms with Gasteiger partial charge in [0.15, 0.2) is 0 Å². The van der Waals surface area contributed by atoms with Crippen LogP contribution in [-0.4, -0.2) is 56.2 Å². The highest BCUT2D eigenvalue weighted by atomic mass is 16.5. The molecule has 0 saturated heterocycles. The second-order valence-electron chi connectivity index (χ2n) is 13.5. The van der Waals surface area contributed by atoms with Gasteiger partial charge in [-0.2, -0.15) is 20.4 Å². The van der Waals surface area contributed by atoms with Crippen LogP contribution in [0, 0.1) is 26.7 Å². The van der Waals surface area contributed by atoms with Crippen molar-refractivity contribution in [1.29, 1.82) is 0 Å². The van der Waals surface area contributed by atoms with Gasteiger partial charge in [-0.1, -0.05) is 19.9 Å². The summed E-state index contributed by atoms with van der Waals surface area (Å²) in [6.45, 7) is 10.4. The van der Waals surface area contributed by atoms with Crippen molar-refractivity contribution in [3.8, 4) is 39.6 Å². The number of aromatic amines is 1. The first-order valence-corrected chi connectivity index (χ1v) is 17.2. The average molecular weight is 695 g/mol. The largest absolute Gasteiger partial charge is 0.496 e. The Kier molecular flexibility index (Phi) is 9.05. The van der Waals surface area contributed by atoms with Gasteiger partial charge in [0.05, 0.1) is 29.5 Å². The van der Waals surface area contributed by atoms with Crippen molar-refractivity contribution < 1.29 is 4.74 Å². The van der Waals surface area contributed by atoms with Gasteiger partial charge in [0, 0.05) is 73.5 Å². The van der Waals surface area contributed by atoms with Gasteiger partial charge in [-0.05, 0) is 86.7 Å². The van der Waals surface area contributed by atoms with Gasteiger partial charge in [-0.25, -0.2) is 14.3 Å². The van der Waals surface area contributed by atoms with Crippen molar-refractivity contribution in [1.82, 2.24) is 49.1 Å². The van der Waals surface area contributed by atoms with Crippen LogP contribution in [0.4, 0.5) is 0 Å². The SMILES string of the molecule is COc1cc(-n2cccn2)ccc1-c1nn(C)c2c(CC(C)C)cc(C)nc12.Cc1cc(=O)c2c([nH]1)c(-c1ccc(-n3cccn3)cc1C)nn2C. The molecule has 0 atom stereocenters.